The van der Waals surface area contributed by atoms with Gasteiger partial charge in [-0.3, -0.25) is 4.79 Å². The number of carbonyl (C=O) groups excluding carboxylic acids is 1. The Morgan fingerprint density at radius 1 is 1.20 bits per heavy atom. The molecular formula is C17H18N4O3S. The number of amides is 1. The Labute approximate surface area is 145 Å². The Kier molecular flexibility index (Phi) is 4.56. The molecular weight excluding hydrogens is 340 g/mol. The fraction of sp³-hybridized carbons (Fsp3) is 0.176. The third-order valence-electron chi connectivity index (χ3n) is 3.80. The molecule has 8 heteroatoms. The van der Waals surface area contributed by atoms with Crippen LogP contribution in [0.4, 0.5) is 0 Å². The van der Waals surface area contributed by atoms with Crippen LogP contribution >= 0.6 is 0 Å². The maximum absolute atomic E-state index is 12.3. The van der Waals surface area contributed by atoms with Crippen molar-refractivity contribution in [1.82, 2.24) is 19.4 Å². The van der Waals surface area contributed by atoms with Crippen molar-refractivity contribution in [1.29, 1.82) is 0 Å². The van der Waals surface area contributed by atoms with Crippen LogP contribution in [0.2, 0.25) is 0 Å². The van der Waals surface area contributed by atoms with Crippen LogP contribution in [-0.4, -0.2) is 30.8 Å². The third kappa shape index (κ3) is 3.70. The second-order valence-electron chi connectivity index (χ2n) is 5.63. The Balaban J connectivity index is 1.69. The van der Waals surface area contributed by atoms with E-state index in [0.717, 1.165) is 11.1 Å². The first-order chi connectivity index (χ1) is 11.9. The molecule has 25 heavy (non-hydrogen) atoms. The zero-order chi connectivity index (χ0) is 18.0. The van der Waals surface area contributed by atoms with Gasteiger partial charge in [0, 0.05) is 18.9 Å². The summed E-state index contributed by atoms with van der Waals surface area (Å²) in [5.41, 5.74) is 2.91. The van der Waals surface area contributed by atoms with E-state index in [1.54, 1.807) is 22.7 Å². The van der Waals surface area contributed by atoms with Crippen LogP contribution in [-0.2, 0) is 16.6 Å². The molecule has 3 aromatic rings. The van der Waals surface area contributed by atoms with E-state index in [-0.39, 0.29) is 17.3 Å². The Morgan fingerprint density at radius 2 is 1.92 bits per heavy atom. The van der Waals surface area contributed by atoms with Gasteiger partial charge in [0.15, 0.2) is 0 Å². The summed E-state index contributed by atoms with van der Waals surface area (Å²) >= 11 is 0. The Hall–Kier alpha value is -2.71. The second-order valence-corrected chi connectivity index (χ2v) is 7.52. The van der Waals surface area contributed by atoms with Gasteiger partial charge < -0.3 is 9.72 Å². The number of aryl methyl sites for hydroxylation is 1. The van der Waals surface area contributed by atoms with Gasteiger partial charge in [0.2, 0.25) is 10.0 Å². The molecule has 0 atom stereocenters. The van der Waals surface area contributed by atoms with Gasteiger partial charge in [0.1, 0.15) is 11.3 Å². The predicted octanol–water partition coefficient (Wildman–Crippen LogP) is 1.48. The van der Waals surface area contributed by atoms with Crippen molar-refractivity contribution in [2.75, 3.05) is 7.05 Å². The van der Waals surface area contributed by atoms with E-state index in [2.05, 4.69) is 15.0 Å². The lowest BCUT2D eigenvalue weighted by molar-refractivity contribution is 0.0946. The van der Waals surface area contributed by atoms with Crippen LogP contribution < -0.4 is 10.0 Å². The molecule has 0 saturated carbocycles. The highest BCUT2D eigenvalue weighted by molar-refractivity contribution is 7.89. The topological polar surface area (TPSA) is 92.6 Å². The van der Waals surface area contributed by atoms with Gasteiger partial charge >= 0.3 is 0 Å². The smallest absolute Gasteiger partial charge is 0.271 e. The number of pyridine rings is 1. The number of benzene rings is 1. The monoisotopic (exact) mass is 358 g/mol. The molecule has 0 fully saturated rings. The first-order valence-electron chi connectivity index (χ1n) is 7.65. The van der Waals surface area contributed by atoms with Gasteiger partial charge in [0.05, 0.1) is 4.90 Å². The van der Waals surface area contributed by atoms with E-state index in [9.17, 15) is 13.2 Å². The molecule has 0 aliphatic rings. The van der Waals surface area contributed by atoms with Crippen molar-refractivity contribution < 1.29 is 13.2 Å². The normalized spacial score (nSPS) is 11.6. The summed E-state index contributed by atoms with van der Waals surface area (Å²) in [7, 11) is -2.10. The Morgan fingerprint density at radius 3 is 2.60 bits per heavy atom. The first kappa shape index (κ1) is 17.1. The van der Waals surface area contributed by atoms with Crippen molar-refractivity contribution >= 4 is 21.6 Å². The number of fused-ring (bicyclic) bond motifs is 1. The van der Waals surface area contributed by atoms with Gasteiger partial charge in [-0.05, 0) is 49.4 Å². The third-order valence-corrected chi connectivity index (χ3v) is 5.23. The van der Waals surface area contributed by atoms with E-state index in [1.807, 2.05) is 25.3 Å². The maximum Gasteiger partial charge on any atom is 0.271 e. The molecule has 1 amide bonds. The van der Waals surface area contributed by atoms with Crippen molar-refractivity contribution in [2.24, 2.45) is 0 Å². The average Bonchev–Trinajstić information content (AvgIpc) is 3.03. The summed E-state index contributed by atoms with van der Waals surface area (Å²) in [4.78, 5) is 16.7. The average molecular weight is 358 g/mol. The first-order valence-corrected chi connectivity index (χ1v) is 9.13. The van der Waals surface area contributed by atoms with E-state index in [4.69, 9.17) is 0 Å². The van der Waals surface area contributed by atoms with Gasteiger partial charge in [-0.15, -0.1) is 0 Å². The highest BCUT2D eigenvalue weighted by Crippen LogP contribution is 2.11. The molecule has 130 valence electrons. The van der Waals surface area contributed by atoms with Crippen LogP contribution in [0, 0.1) is 6.92 Å². The standard InChI is InChI=1S/C17H18N4O3S/c1-12-7-8-21-11-15(20-16(21)9-12)17(22)19-10-13-3-5-14(6-4-13)25(23,24)18-2/h3-9,11,18H,10H2,1-2H3,(H,19,22). The number of imidazole rings is 1. The minimum atomic E-state index is -3.46. The summed E-state index contributed by atoms with van der Waals surface area (Å²) in [6.45, 7) is 2.25. The lowest BCUT2D eigenvalue weighted by Gasteiger charge is -2.06. The number of sulfonamides is 1. The van der Waals surface area contributed by atoms with Crippen molar-refractivity contribution in [3.8, 4) is 0 Å². The fourth-order valence-corrected chi connectivity index (χ4v) is 3.10. The molecule has 1 aromatic carbocycles. The van der Waals surface area contributed by atoms with Crippen LogP contribution in [0.25, 0.3) is 5.65 Å². The minimum Gasteiger partial charge on any atom is -0.347 e. The van der Waals surface area contributed by atoms with Crippen LogP contribution in [0.3, 0.4) is 0 Å². The largest absolute Gasteiger partial charge is 0.347 e. The maximum atomic E-state index is 12.3. The van der Waals surface area contributed by atoms with Crippen LogP contribution in [0.5, 0.6) is 0 Å². The summed E-state index contributed by atoms with van der Waals surface area (Å²) in [6.07, 6.45) is 3.53. The SMILES string of the molecule is CNS(=O)(=O)c1ccc(CNC(=O)c2cn3ccc(C)cc3n2)cc1. The lowest BCUT2D eigenvalue weighted by Crippen LogP contribution is -2.23. The molecule has 0 bridgehead atoms. The number of rotatable bonds is 5. The van der Waals surface area contributed by atoms with Gasteiger partial charge in [-0.25, -0.2) is 18.1 Å². The molecule has 0 radical (unpaired) electrons. The molecule has 7 nitrogen and oxygen atoms in total. The van der Waals surface area contributed by atoms with Gasteiger partial charge in [0.25, 0.3) is 5.91 Å². The lowest BCUT2D eigenvalue weighted by atomic mass is 10.2. The Bertz CT molecular complexity index is 1020. The van der Waals surface area contributed by atoms with Crippen LogP contribution in [0.15, 0.2) is 53.7 Å². The summed E-state index contributed by atoms with van der Waals surface area (Å²) in [5.74, 6) is -0.284. The number of aromatic nitrogens is 2. The van der Waals surface area contributed by atoms with E-state index >= 15 is 0 Å². The summed E-state index contributed by atoms with van der Waals surface area (Å²) in [6, 6.07) is 10.2. The second kappa shape index (κ2) is 6.66. The van der Waals surface area contributed by atoms with Crippen molar-refractivity contribution in [3.63, 3.8) is 0 Å². The van der Waals surface area contributed by atoms with Gasteiger partial charge in [-0.2, -0.15) is 0 Å². The number of hydrogen-bond donors (Lipinski definition) is 2. The number of nitrogens with zero attached hydrogens (tertiary/aromatic N) is 2. The number of hydrogen-bond acceptors (Lipinski definition) is 4. The molecule has 0 spiro atoms. The summed E-state index contributed by atoms with van der Waals surface area (Å²) < 4.78 is 27.4. The van der Waals surface area contributed by atoms with E-state index < -0.39 is 10.0 Å². The van der Waals surface area contributed by atoms with Crippen LogP contribution in [0.1, 0.15) is 21.6 Å². The minimum absolute atomic E-state index is 0.181. The van der Waals surface area contributed by atoms with Crippen molar-refractivity contribution in [2.45, 2.75) is 18.4 Å². The fourth-order valence-electron chi connectivity index (χ4n) is 2.37. The number of nitrogens with one attached hydrogen (secondary N) is 2. The predicted molar refractivity (Wildman–Crippen MR) is 93.8 cm³/mol. The molecule has 2 aromatic heterocycles. The molecule has 2 heterocycles. The zero-order valence-corrected chi connectivity index (χ0v) is 14.7. The zero-order valence-electron chi connectivity index (χ0n) is 13.9. The molecule has 0 unspecified atom stereocenters. The van der Waals surface area contributed by atoms with E-state index in [0.29, 0.717) is 11.3 Å². The van der Waals surface area contributed by atoms with Gasteiger partial charge in [-0.1, -0.05) is 12.1 Å². The highest BCUT2D eigenvalue weighted by atomic mass is 32.2. The molecule has 2 N–H and O–H groups in total. The van der Waals surface area contributed by atoms with Crippen molar-refractivity contribution in [3.05, 3.63) is 65.6 Å². The summed E-state index contributed by atoms with van der Waals surface area (Å²) in [5, 5.41) is 2.78. The quantitative estimate of drug-likeness (QED) is 0.723. The molecule has 0 aliphatic heterocycles. The number of carbonyl (C=O) groups is 1. The highest BCUT2D eigenvalue weighted by Gasteiger charge is 2.12. The molecule has 0 saturated heterocycles. The molecule has 0 aliphatic carbocycles. The molecule has 3 rings (SSSR count). The van der Waals surface area contributed by atoms with E-state index in [1.165, 1.54) is 19.2 Å².